The maximum Gasteiger partial charge on any atom is 0.313 e. The topological polar surface area (TPSA) is 81.2 Å². The number of carboxylic acids is 1. The van der Waals surface area contributed by atoms with E-state index in [9.17, 15) is 4.79 Å². The van der Waals surface area contributed by atoms with Gasteiger partial charge in [0, 0.05) is 5.69 Å². The minimum absolute atomic E-state index is 0.0800. The first-order valence-electron chi connectivity index (χ1n) is 7.12. The number of aliphatic carboxylic acids is 1. The molecule has 1 aromatic carbocycles. The van der Waals surface area contributed by atoms with E-state index in [-0.39, 0.29) is 5.75 Å². The number of aryl methyl sites for hydroxylation is 1. The zero-order valence-corrected chi connectivity index (χ0v) is 13.3. The van der Waals surface area contributed by atoms with Gasteiger partial charge in [0.25, 0.3) is 0 Å². The first-order chi connectivity index (χ1) is 11.2. The van der Waals surface area contributed by atoms with E-state index in [0.717, 1.165) is 23.9 Å². The molecular formula is C16H15N3O3S. The van der Waals surface area contributed by atoms with Crippen LogP contribution in [-0.4, -0.2) is 31.6 Å². The van der Waals surface area contributed by atoms with Crippen molar-refractivity contribution in [3.05, 3.63) is 48.2 Å². The largest absolute Gasteiger partial charge is 0.481 e. The fourth-order valence-corrected chi connectivity index (χ4v) is 2.84. The predicted octanol–water partition coefficient (Wildman–Crippen LogP) is 3.27. The molecule has 0 spiro atoms. The van der Waals surface area contributed by atoms with Crippen LogP contribution in [0, 0.1) is 0 Å². The van der Waals surface area contributed by atoms with Crippen molar-refractivity contribution in [2.45, 2.75) is 18.5 Å². The van der Waals surface area contributed by atoms with Gasteiger partial charge in [-0.2, -0.15) is 0 Å². The SMILES string of the molecule is CCc1ccc(-n2c(SCC(=O)O)nnc2-c2ccco2)cc1. The molecule has 0 bridgehead atoms. The fourth-order valence-electron chi connectivity index (χ4n) is 2.17. The molecule has 3 aromatic rings. The second kappa shape index (κ2) is 6.70. The Hall–Kier alpha value is -2.54. The molecule has 0 saturated heterocycles. The number of hydrogen-bond donors (Lipinski definition) is 1. The van der Waals surface area contributed by atoms with Gasteiger partial charge in [-0.1, -0.05) is 30.8 Å². The van der Waals surface area contributed by atoms with E-state index in [1.165, 1.54) is 5.56 Å². The molecule has 0 unspecified atom stereocenters. The predicted molar refractivity (Wildman–Crippen MR) is 86.8 cm³/mol. The number of carboxylic acid groups (broad SMARTS) is 1. The van der Waals surface area contributed by atoms with Crippen LogP contribution >= 0.6 is 11.8 Å². The van der Waals surface area contributed by atoms with E-state index in [4.69, 9.17) is 9.52 Å². The summed E-state index contributed by atoms with van der Waals surface area (Å²) in [6.45, 7) is 2.09. The van der Waals surface area contributed by atoms with Gasteiger partial charge in [0.05, 0.1) is 12.0 Å². The fraction of sp³-hybridized carbons (Fsp3) is 0.188. The van der Waals surface area contributed by atoms with Crippen molar-refractivity contribution in [2.75, 3.05) is 5.75 Å². The smallest absolute Gasteiger partial charge is 0.313 e. The highest BCUT2D eigenvalue weighted by atomic mass is 32.2. The molecule has 0 aliphatic carbocycles. The number of rotatable bonds is 6. The third-order valence-electron chi connectivity index (χ3n) is 3.30. The van der Waals surface area contributed by atoms with Crippen molar-refractivity contribution in [3.63, 3.8) is 0 Å². The second-order valence-corrected chi connectivity index (χ2v) is 5.76. The third-order valence-corrected chi connectivity index (χ3v) is 4.22. The highest BCUT2D eigenvalue weighted by Gasteiger charge is 2.18. The van der Waals surface area contributed by atoms with Crippen molar-refractivity contribution in [3.8, 4) is 17.3 Å². The summed E-state index contributed by atoms with van der Waals surface area (Å²) in [6, 6.07) is 11.6. The summed E-state index contributed by atoms with van der Waals surface area (Å²) in [6.07, 6.45) is 2.52. The Morgan fingerprint density at radius 3 is 2.65 bits per heavy atom. The van der Waals surface area contributed by atoms with Crippen LogP contribution in [0.4, 0.5) is 0 Å². The van der Waals surface area contributed by atoms with Gasteiger partial charge >= 0.3 is 5.97 Å². The summed E-state index contributed by atoms with van der Waals surface area (Å²) in [5.74, 6) is 0.153. The maximum absolute atomic E-state index is 10.8. The highest BCUT2D eigenvalue weighted by Crippen LogP contribution is 2.28. The molecule has 6 nitrogen and oxygen atoms in total. The summed E-state index contributed by atoms with van der Waals surface area (Å²) in [7, 11) is 0. The Morgan fingerprint density at radius 2 is 2.04 bits per heavy atom. The Bertz CT molecular complexity index is 795. The molecule has 0 amide bonds. The molecule has 23 heavy (non-hydrogen) atoms. The van der Waals surface area contributed by atoms with Gasteiger partial charge in [0.2, 0.25) is 5.82 Å². The molecule has 1 N–H and O–H groups in total. The minimum Gasteiger partial charge on any atom is -0.481 e. The number of benzene rings is 1. The van der Waals surface area contributed by atoms with E-state index < -0.39 is 5.97 Å². The molecule has 118 valence electrons. The van der Waals surface area contributed by atoms with Crippen molar-refractivity contribution in [1.82, 2.24) is 14.8 Å². The number of nitrogens with zero attached hydrogens (tertiary/aromatic N) is 3. The first-order valence-corrected chi connectivity index (χ1v) is 8.10. The van der Waals surface area contributed by atoms with E-state index in [0.29, 0.717) is 16.7 Å². The summed E-state index contributed by atoms with van der Waals surface area (Å²) in [5.41, 5.74) is 2.09. The van der Waals surface area contributed by atoms with Gasteiger partial charge in [-0.25, -0.2) is 0 Å². The van der Waals surface area contributed by atoms with Crippen LogP contribution in [-0.2, 0) is 11.2 Å². The van der Waals surface area contributed by atoms with E-state index in [1.54, 1.807) is 18.4 Å². The molecule has 0 aliphatic rings. The molecule has 0 fully saturated rings. The number of furan rings is 1. The van der Waals surface area contributed by atoms with Crippen molar-refractivity contribution < 1.29 is 14.3 Å². The Labute approximate surface area is 137 Å². The van der Waals surface area contributed by atoms with Gasteiger partial charge in [-0.15, -0.1) is 10.2 Å². The Kier molecular flexibility index (Phi) is 4.47. The van der Waals surface area contributed by atoms with Gasteiger partial charge in [-0.3, -0.25) is 9.36 Å². The standard InChI is InChI=1S/C16H15N3O3S/c1-2-11-5-7-12(8-6-11)19-15(13-4-3-9-22-13)17-18-16(19)23-10-14(20)21/h3-9H,2,10H2,1H3,(H,20,21). The molecule has 3 rings (SSSR count). The van der Waals surface area contributed by atoms with E-state index in [2.05, 4.69) is 17.1 Å². The van der Waals surface area contributed by atoms with Crippen LogP contribution in [0.15, 0.2) is 52.2 Å². The van der Waals surface area contributed by atoms with Gasteiger partial charge in [-0.05, 0) is 36.2 Å². The molecule has 2 aromatic heterocycles. The number of hydrogen-bond acceptors (Lipinski definition) is 5. The second-order valence-electron chi connectivity index (χ2n) is 4.82. The Balaban J connectivity index is 2.06. The lowest BCUT2D eigenvalue weighted by atomic mass is 10.1. The molecule has 0 saturated carbocycles. The summed E-state index contributed by atoms with van der Waals surface area (Å²) in [4.78, 5) is 10.8. The van der Waals surface area contributed by atoms with Crippen molar-refractivity contribution in [2.24, 2.45) is 0 Å². The van der Waals surface area contributed by atoms with Crippen LogP contribution in [0.5, 0.6) is 0 Å². The Morgan fingerprint density at radius 1 is 1.26 bits per heavy atom. The van der Waals surface area contributed by atoms with Gasteiger partial charge in [0.1, 0.15) is 0 Å². The summed E-state index contributed by atoms with van der Waals surface area (Å²) >= 11 is 1.13. The lowest BCUT2D eigenvalue weighted by Crippen LogP contribution is -2.03. The summed E-state index contributed by atoms with van der Waals surface area (Å²) in [5, 5.41) is 17.7. The molecule has 7 heteroatoms. The van der Waals surface area contributed by atoms with Crippen LogP contribution < -0.4 is 0 Å². The monoisotopic (exact) mass is 329 g/mol. The number of thioether (sulfide) groups is 1. The van der Waals surface area contributed by atoms with Gasteiger partial charge < -0.3 is 9.52 Å². The van der Waals surface area contributed by atoms with E-state index >= 15 is 0 Å². The third kappa shape index (κ3) is 3.29. The van der Waals surface area contributed by atoms with Crippen LogP contribution in [0.1, 0.15) is 12.5 Å². The highest BCUT2D eigenvalue weighted by molar-refractivity contribution is 7.99. The molecular weight excluding hydrogens is 314 g/mol. The molecule has 2 heterocycles. The quantitative estimate of drug-likeness (QED) is 0.699. The molecule has 0 aliphatic heterocycles. The minimum atomic E-state index is -0.898. The zero-order valence-electron chi connectivity index (χ0n) is 12.5. The lowest BCUT2D eigenvalue weighted by molar-refractivity contribution is -0.133. The summed E-state index contributed by atoms with van der Waals surface area (Å²) < 4.78 is 7.23. The zero-order chi connectivity index (χ0) is 16.2. The van der Waals surface area contributed by atoms with Crippen LogP contribution in [0.25, 0.3) is 17.3 Å². The molecule has 0 radical (unpaired) electrons. The van der Waals surface area contributed by atoms with Crippen molar-refractivity contribution in [1.29, 1.82) is 0 Å². The first kappa shape index (κ1) is 15.4. The average Bonchev–Trinajstić information content (AvgIpc) is 3.22. The number of carbonyl (C=O) groups is 1. The van der Waals surface area contributed by atoms with Gasteiger partial charge in [0.15, 0.2) is 10.9 Å². The van der Waals surface area contributed by atoms with Crippen LogP contribution in [0.3, 0.4) is 0 Å². The normalized spacial score (nSPS) is 10.8. The van der Waals surface area contributed by atoms with Crippen LogP contribution in [0.2, 0.25) is 0 Å². The molecule has 0 atom stereocenters. The average molecular weight is 329 g/mol. The van der Waals surface area contributed by atoms with E-state index in [1.807, 2.05) is 28.8 Å². The maximum atomic E-state index is 10.8. The van der Waals surface area contributed by atoms with Crippen molar-refractivity contribution >= 4 is 17.7 Å². The lowest BCUT2D eigenvalue weighted by Gasteiger charge is -2.09. The number of aromatic nitrogens is 3.